The van der Waals surface area contributed by atoms with Crippen molar-refractivity contribution >= 4 is 62.6 Å². The lowest BCUT2D eigenvalue weighted by atomic mass is 9.99. The fourth-order valence-corrected chi connectivity index (χ4v) is 6.83. The highest BCUT2D eigenvalue weighted by Gasteiger charge is 2.35. The average molecular weight is 671 g/mol. The number of urea groups is 1. The summed E-state index contributed by atoms with van der Waals surface area (Å²) in [5.74, 6) is 0.724. The fraction of sp³-hybridized carbons (Fsp3) is 0.343. The molecule has 0 radical (unpaired) electrons. The van der Waals surface area contributed by atoms with E-state index < -0.39 is 6.09 Å². The van der Waals surface area contributed by atoms with E-state index >= 15 is 0 Å². The molecule has 2 aliphatic rings. The Balaban J connectivity index is 1.10. The Morgan fingerprint density at radius 1 is 1.00 bits per heavy atom. The first-order chi connectivity index (χ1) is 22.9. The zero-order chi connectivity index (χ0) is 34.0. The highest BCUT2D eigenvalue weighted by atomic mass is 32.1. The number of hydrogen-bond donors (Lipinski definition) is 4. The van der Waals surface area contributed by atoms with Crippen molar-refractivity contribution in [2.75, 3.05) is 23.4 Å². The third-order valence-corrected chi connectivity index (χ3v) is 9.10. The molecular formula is C35H38N6O6S. The maximum atomic E-state index is 13.6. The van der Waals surface area contributed by atoms with Crippen LogP contribution in [0.1, 0.15) is 55.3 Å². The van der Waals surface area contributed by atoms with Crippen molar-refractivity contribution in [2.24, 2.45) is 5.41 Å². The SMILES string of the molecule is Cc1cc(Oc2ccccc2)ccc1N1C(=O)Nc2c(C(=O)N[C@@H]3CC[C@H](NC(=O)CNC(=O)OCC(C)(C)C)C3)sc3nccc1c23. The van der Waals surface area contributed by atoms with Crippen molar-refractivity contribution in [3.63, 3.8) is 0 Å². The lowest BCUT2D eigenvalue weighted by molar-refractivity contribution is -0.120. The van der Waals surface area contributed by atoms with Crippen LogP contribution in [-0.2, 0) is 9.53 Å². The number of aryl methyl sites for hydroxylation is 1. The minimum absolute atomic E-state index is 0.148. The minimum Gasteiger partial charge on any atom is -0.457 e. The number of nitrogens with zero attached hydrogens (tertiary/aromatic N) is 2. The zero-order valence-corrected chi connectivity index (χ0v) is 28.0. The summed E-state index contributed by atoms with van der Waals surface area (Å²) < 4.78 is 11.1. The Labute approximate surface area is 282 Å². The van der Waals surface area contributed by atoms with Gasteiger partial charge in [-0.3, -0.25) is 14.5 Å². The third-order valence-electron chi connectivity index (χ3n) is 8.00. The summed E-state index contributed by atoms with van der Waals surface area (Å²) in [5, 5.41) is 12.1. The molecule has 250 valence electrons. The van der Waals surface area contributed by atoms with Gasteiger partial charge in [0.05, 0.1) is 29.1 Å². The van der Waals surface area contributed by atoms with Crippen LogP contribution in [0, 0.1) is 12.3 Å². The van der Waals surface area contributed by atoms with Gasteiger partial charge in [0.1, 0.15) is 27.8 Å². The van der Waals surface area contributed by atoms with Gasteiger partial charge >= 0.3 is 12.1 Å². The molecule has 2 atom stereocenters. The molecule has 0 saturated heterocycles. The van der Waals surface area contributed by atoms with Crippen molar-refractivity contribution in [3.8, 4) is 11.5 Å². The summed E-state index contributed by atoms with van der Waals surface area (Å²) in [4.78, 5) is 58.6. The van der Waals surface area contributed by atoms with Crippen LogP contribution in [0.25, 0.3) is 10.2 Å². The molecule has 1 saturated carbocycles. The zero-order valence-electron chi connectivity index (χ0n) is 27.2. The summed E-state index contributed by atoms with van der Waals surface area (Å²) in [6, 6.07) is 16.1. The predicted octanol–water partition coefficient (Wildman–Crippen LogP) is 6.62. The maximum Gasteiger partial charge on any atom is 0.407 e. The molecule has 1 aliphatic carbocycles. The largest absolute Gasteiger partial charge is 0.457 e. The third kappa shape index (κ3) is 7.36. The predicted molar refractivity (Wildman–Crippen MR) is 184 cm³/mol. The van der Waals surface area contributed by atoms with Gasteiger partial charge in [-0.05, 0) is 73.6 Å². The van der Waals surface area contributed by atoms with Crippen LogP contribution in [-0.4, -0.2) is 54.2 Å². The molecule has 2 aromatic heterocycles. The monoisotopic (exact) mass is 670 g/mol. The second-order valence-electron chi connectivity index (χ2n) is 13.2. The van der Waals surface area contributed by atoms with Gasteiger partial charge in [0.25, 0.3) is 5.91 Å². The number of para-hydroxylation sites is 1. The first-order valence-corrected chi connectivity index (χ1v) is 16.6. The Morgan fingerprint density at radius 2 is 1.75 bits per heavy atom. The fourth-order valence-electron chi connectivity index (χ4n) is 5.81. The number of alkyl carbamates (subject to hydrolysis) is 1. The van der Waals surface area contributed by atoms with Crippen LogP contribution in [0.3, 0.4) is 0 Å². The van der Waals surface area contributed by atoms with Crippen LogP contribution in [0.5, 0.6) is 11.5 Å². The normalized spacial score (nSPS) is 17.1. The molecule has 48 heavy (non-hydrogen) atoms. The van der Waals surface area contributed by atoms with Crippen molar-refractivity contribution in [1.29, 1.82) is 0 Å². The number of rotatable bonds is 9. The first kappa shape index (κ1) is 32.8. The number of amides is 5. The summed E-state index contributed by atoms with van der Waals surface area (Å²) in [6.45, 7) is 7.80. The number of carbonyl (C=O) groups is 4. The number of benzene rings is 2. The summed E-state index contributed by atoms with van der Waals surface area (Å²) in [7, 11) is 0. The Bertz CT molecular complexity index is 1870. The molecule has 12 nitrogen and oxygen atoms in total. The van der Waals surface area contributed by atoms with E-state index in [-0.39, 0.29) is 48.5 Å². The molecular weight excluding hydrogens is 632 g/mol. The molecule has 1 fully saturated rings. The highest BCUT2D eigenvalue weighted by Crippen LogP contribution is 2.46. The maximum absolute atomic E-state index is 13.6. The van der Waals surface area contributed by atoms with Gasteiger partial charge < -0.3 is 30.7 Å². The van der Waals surface area contributed by atoms with Crippen molar-refractivity contribution in [1.82, 2.24) is 20.9 Å². The van der Waals surface area contributed by atoms with E-state index in [1.807, 2.05) is 76.2 Å². The molecule has 4 aromatic rings. The molecule has 0 spiro atoms. The van der Waals surface area contributed by atoms with E-state index in [1.54, 1.807) is 17.2 Å². The lowest BCUT2D eigenvalue weighted by Gasteiger charge is -2.29. The summed E-state index contributed by atoms with van der Waals surface area (Å²) in [6.07, 6.45) is 2.88. The van der Waals surface area contributed by atoms with Crippen LogP contribution in [0.15, 0.2) is 60.8 Å². The first-order valence-electron chi connectivity index (χ1n) is 15.8. The topological polar surface area (TPSA) is 151 Å². The van der Waals surface area contributed by atoms with Crippen molar-refractivity contribution < 1.29 is 28.7 Å². The van der Waals surface area contributed by atoms with Crippen LogP contribution in [0.4, 0.5) is 26.7 Å². The van der Waals surface area contributed by atoms with Gasteiger partial charge in [0.2, 0.25) is 5.91 Å². The van der Waals surface area contributed by atoms with Crippen molar-refractivity contribution in [3.05, 3.63) is 71.2 Å². The van der Waals surface area contributed by atoms with E-state index in [2.05, 4.69) is 26.3 Å². The van der Waals surface area contributed by atoms with E-state index in [9.17, 15) is 19.2 Å². The number of anilines is 3. The highest BCUT2D eigenvalue weighted by molar-refractivity contribution is 7.21. The number of thiophene rings is 1. The molecule has 0 unspecified atom stereocenters. The molecule has 6 rings (SSSR count). The van der Waals surface area contributed by atoms with E-state index in [0.29, 0.717) is 62.9 Å². The number of pyridine rings is 1. The van der Waals surface area contributed by atoms with Gasteiger partial charge in [-0.1, -0.05) is 39.0 Å². The van der Waals surface area contributed by atoms with Gasteiger partial charge in [0.15, 0.2) is 0 Å². The molecule has 13 heteroatoms. The van der Waals surface area contributed by atoms with Gasteiger partial charge in [0, 0.05) is 18.3 Å². The number of carbonyl (C=O) groups excluding carboxylic acids is 4. The number of nitrogens with one attached hydrogen (secondary N) is 4. The second kappa shape index (κ2) is 13.5. The van der Waals surface area contributed by atoms with E-state index in [0.717, 1.165) is 5.56 Å². The van der Waals surface area contributed by atoms with Crippen LogP contribution >= 0.6 is 11.3 Å². The average Bonchev–Trinajstić information content (AvgIpc) is 3.64. The van der Waals surface area contributed by atoms with Gasteiger partial charge in [-0.2, -0.15) is 0 Å². The van der Waals surface area contributed by atoms with E-state index in [1.165, 1.54) is 11.3 Å². The number of aromatic nitrogens is 1. The van der Waals surface area contributed by atoms with Gasteiger partial charge in [-0.25, -0.2) is 14.6 Å². The smallest absolute Gasteiger partial charge is 0.407 e. The molecule has 4 N–H and O–H groups in total. The number of hydrogen-bond acceptors (Lipinski definition) is 8. The Hall–Kier alpha value is -5.17. The van der Waals surface area contributed by atoms with Crippen molar-refractivity contribution in [2.45, 2.75) is 59.0 Å². The Morgan fingerprint density at radius 3 is 2.48 bits per heavy atom. The number of ether oxygens (including phenoxy) is 2. The summed E-state index contributed by atoms with van der Waals surface area (Å²) >= 11 is 1.22. The molecule has 3 heterocycles. The molecule has 1 aliphatic heterocycles. The molecule has 2 aromatic carbocycles. The molecule has 0 bridgehead atoms. The van der Waals surface area contributed by atoms with Crippen LogP contribution in [0.2, 0.25) is 0 Å². The quantitative estimate of drug-likeness (QED) is 0.156. The standard InChI is InChI=1S/C35H38N6O6S/c1-20-16-24(47-23-8-6-5-7-9-23)12-13-25(20)41-26-14-15-36-32-28(26)29(40-33(41)44)30(48-32)31(43)39-22-11-10-21(17-22)38-27(42)18-37-34(45)46-19-35(2,3)4/h5-9,12-16,21-22H,10-11,17-19H2,1-4H3,(H,37,45)(H,38,42)(H,39,43)(H,40,44)/t21-,22+/m0/s1. The summed E-state index contributed by atoms with van der Waals surface area (Å²) in [5.41, 5.74) is 2.41. The van der Waals surface area contributed by atoms with E-state index in [4.69, 9.17) is 9.47 Å². The molecule has 5 amide bonds. The second-order valence-corrected chi connectivity index (χ2v) is 14.2. The van der Waals surface area contributed by atoms with Crippen LogP contribution < -0.4 is 30.9 Å². The van der Waals surface area contributed by atoms with Gasteiger partial charge in [-0.15, -0.1) is 11.3 Å². The lowest BCUT2D eigenvalue weighted by Crippen LogP contribution is -2.42. The minimum atomic E-state index is -0.640. The Kier molecular flexibility index (Phi) is 9.22.